The van der Waals surface area contributed by atoms with Crippen LogP contribution in [0.1, 0.15) is 32.8 Å². The molecule has 0 unspecified atom stereocenters. The lowest BCUT2D eigenvalue weighted by molar-refractivity contribution is 0.0697. The minimum absolute atomic E-state index is 0.109. The summed E-state index contributed by atoms with van der Waals surface area (Å²) in [5, 5.41) is 22.4. The molecule has 0 saturated heterocycles. The molecule has 0 aliphatic rings. The van der Waals surface area contributed by atoms with Crippen LogP contribution in [0.15, 0.2) is 57.7 Å². The van der Waals surface area contributed by atoms with E-state index in [1.807, 2.05) is 26.0 Å². The zero-order valence-corrected chi connectivity index (χ0v) is 17.7. The first kappa shape index (κ1) is 21.1. The van der Waals surface area contributed by atoms with Gasteiger partial charge in [-0.3, -0.25) is 9.89 Å². The SMILES string of the molecule is C=c1[nH]n(-c2ccc(C(=O)O)cc2)c(=O)/c1=C\c1ccc(-c2cc(C)c(C)cc2CO)o1. The average Bonchev–Trinajstić information content (AvgIpc) is 3.35. The maximum atomic E-state index is 12.9. The lowest BCUT2D eigenvalue weighted by Crippen LogP contribution is -2.33. The summed E-state index contributed by atoms with van der Waals surface area (Å²) < 4.78 is 7.26. The summed E-state index contributed by atoms with van der Waals surface area (Å²) in [5.74, 6) is 0.0228. The van der Waals surface area contributed by atoms with E-state index >= 15 is 0 Å². The highest BCUT2D eigenvalue weighted by molar-refractivity contribution is 5.87. The Bertz CT molecular complexity index is 1490. The van der Waals surface area contributed by atoms with Crippen LogP contribution in [-0.4, -0.2) is 26.0 Å². The second kappa shape index (κ2) is 8.20. The molecule has 32 heavy (non-hydrogen) atoms. The van der Waals surface area contributed by atoms with Crippen molar-refractivity contribution in [2.45, 2.75) is 20.5 Å². The van der Waals surface area contributed by atoms with Crippen LogP contribution in [0.4, 0.5) is 0 Å². The summed E-state index contributed by atoms with van der Waals surface area (Å²) in [6.45, 7) is 7.78. The number of aromatic amines is 1. The molecule has 7 heteroatoms. The number of benzene rings is 2. The zero-order valence-electron chi connectivity index (χ0n) is 17.7. The minimum atomic E-state index is -1.04. The molecule has 0 radical (unpaired) electrons. The van der Waals surface area contributed by atoms with Crippen molar-refractivity contribution in [3.63, 3.8) is 0 Å². The number of nitrogens with one attached hydrogen (secondary N) is 1. The molecule has 0 amide bonds. The van der Waals surface area contributed by atoms with E-state index in [1.54, 1.807) is 30.3 Å². The van der Waals surface area contributed by atoms with Gasteiger partial charge in [0, 0.05) is 5.56 Å². The van der Waals surface area contributed by atoms with Crippen molar-refractivity contribution < 1.29 is 19.4 Å². The Morgan fingerprint density at radius 1 is 1.12 bits per heavy atom. The number of aliphatic hydroxyl groups excluding tert-OH is 1. The third-order valence-corrected chi connectivity index (χ3v) is 5.45. The van der Waals surface area contributed by atoms with Gasteiger partial charge >= 0.3 is 5.97 Å². The number of hydrogen-bond donors (Lipinski definition) is 3. The fourth-order valence-electron chi connectivity index (χ4n) is 3.53. The van der Waals surface area contributed by atoms with Crippen molar-refractivity contribution in [2.24, 2.45) is 0 Å². The number of aryl methyl sites for hydroxylation is 2. The maximum Gasteiger partial charge on any atom is 0.335 e. The lowest BCUT2D eigenvalue weighted by atomic mass is 9.99. The Morgan fingerprint density at radius 2 is 1.81 bits per heavy atom. The van der Waals surface area contributed by atoms with Gasteiger partial charge in [-0.15, -0.1) is 0 Å². The van der Waals surface area contributed by atoms with Gasteiger partial charge in [0.2, 0.25) is 0 Å². The predicted octanol–water partition coefficient (Wildman–Crippen LogP) is 2.47. The van der Waals surface area contributed by atoms with Crippen molar-refractivity contribution in [2.75, 3.05) is 0 Å². The van der Waals surface area contributed by atoms with Crippen molar-refractivity contribution >= 4 is 18.6 Å². The average molecular weight is 430 g/mol. The van der Waals surface area contributed by atoms with Gasteiger partial charge in [-0.05, 0) is 79.1 Å². The number of hydrogen-bond acceptors (Lipinski definition) is 4. The molecule has 2 heterocycles. The molecule has 0 aliphatic heterocycles. The topological polar surface area (TPSA) is 108 Å². The fraction of sp³-hybridized carbons (Fsp3) is 0.120. The van der Waals surface area contributed by atoms with Gasteiger partial charge in [-0.25, -0.2) is 9.48 Å². The molecule has 0 saturated carbocycles. The molecule has 0 fully saturated rings. The summed E-state index contributed by atoms with van der Waals surface area (Å²) in [7, 11) is 0. The third-order valence-electron chi connectivity index (χ3n) is 5.45. The number of furan rings is 1. The Hall–Kier alpha value is -4.10. The van der Waals surface area contributed by atoms with Crippen LogP contribution in [0.5, 0.6) is 0 Å². The standard InChI is InChI=1S/C25H22N2O5/c1-14-10-18(13-28)22(11-15(14)2)23-9-8-20(32-23)12-21-16(3)26-27(24(21)29)19-6-4-17(5-7-19)25(30)31/h4-12,26,28H,3,13H2,1-2H3,(H,30,31)/b21-12-. The number of carboxylic acids is 1. The van der Waals surface area contributed by atoms with Gasteiger partial charge in [0.25, 0.3) is 5.56 Å². The number of rotatable bonds is 5. The Morgan fingerprint density at radius 3 is 2.47 bits per heavy atom. The van der Waals surface area contributed by atoms with E-state index in [2.05, 4.69) is 11.7 Å². The van der Waals surface area contributed by atoms with E-state index in [9.17, 15) is 14.7 Å². The number of carboxylic acid groups (broad SMARTS) is 1. The molecule has 0 atom stereocenters. The van der Waals surface area contributed by atoms with E-state index in [0.29, 0.717) is 27.8 Å². The summed E-state index contributed by atoms with van der Waals surface area (Å²) in [4.78, 5) is 24.0. The molecule has 7 nitrogen and oxygen atoms in total. The van der Waals surface area contributed by atoms with Crippen molar-refractivity contribution in [1.29, 1.82) is 0 Å². The maximum absolute atomic E-state index is 12.9. The number of nitrogens with zero attached hydrogens (tertiary/aromatic N) is 1. The highest BCUT2D eigenvalue weighted by Gasteiger charge is 2.12. The van der Waals surface area contributed by atoms with Crippen molar-refractivity contribution in [1.82, 2.24) is 9.78 Å². The molecular formula is C25H22N2O5. The van der Waals surface area contributed by atoms with Gasteiger partial charge < -0.3 is 14.6 Å². The Balaban J connectivity index is 1.75. The highest BCUT2D eigenvalue weighted by Crippen LogP contribution is 2.29. The van der Waals surface area contributed by atoms with Gasteiger partial charge in [0.05, 0.1) is 28.4 Å². The van der Waals surface area contributed by atoms with Gasteiger partial charge in [-0.2, -0.15) is 0 Å². The van der Waals surface area contributed by atoms with E-state index in [0.717, 1.165) is 22.3 Å². The van der Waals surface area contributed by atoms with Crippen LogP contribution < -0.4 is 16.1 Å². The first-order valence-electron chi connectivity index (χ1n) is 9.95. The highest BCUT2D eigenvalue weighted by atomic mass is 16.4. The number of aromatic carboxylic acids is 1. The number of H-pyrrole nitrogens is 1. The van der Waals surface area contributed by atoms with Crippen LogP contribution in [0.3, 0.4) is 0 Å². The Kier molecular flexibility index (Phi) is 5.42. The van der Waals surface area contributed by atoms with Crippen LogP contribution in [0, 0.1) is 13.8 Å². The molecule has 2 aromatic carbocycles. The summed E-state index contributed by atoms with van der Waals surface area (Å²) >= 11 is 0. The number of aromatic nitrogens is 2. The van der Waals surface area contributed by atoms with E-state index in [-0.39, 0.29) is 17.7 Å². The molecule has 0 bridgehead atoms. The number of aliphatic hydroxyl groups is 1. The molecular weight excluding hydrogens is 408 g/mol. The lowest BCUT2D eigenvalue weighted by Gasteiger charge is -2.09. The molecule has 3 N–H and O–H groups in total. The van der Waals surface area contributed by atoms with Gasteiger partial charge in [0.1, 0.15) is 11.5 Å². The number of carbonyl (C=O) groups is 1. The monoisotopic (exact) mass is 430 g/mol. The second-order valence-corrected chi connectivity index (χ2v) is 7.59. The van der Waals surface area contributed by atoms with Crippen LogP contribution in [0.2, 0.25) is 0 Å². The summed E-state index contributed by atoms with van der Waals surface area (Å²) in [6.07, 6.45) is 1.60. The quantitative estimate of drug-likeness (QED) is 0.451. The predicted molar refractivity (Wildman–Crippen MR) is 121 cm³/mol. The van der Waals surface area contributed by atoms with E-state index < -0.39 is 5.97 Å². The normalized spacial score (nSPS) is 11.8. The first-order chi connectivity index (χ1) is 15.3. The molecule has 2 aromatic heterocycles. The smallest absolute Gasteiger partial charge is 0.335 e. The minimum Gasteiger partial charge on any atom is -0.478 e. The van der Waals surface area contributed by atoms with Gasteiger partial charge in [0.15, 0.2) is 0 Å². The van der Waals surface area contributed by atoms with Crippen LogP contribution in [0.25, 0.3) is 29.7 Å². The summed E-state index contributed by atoms with van der Waals surface area (Å²) in [6, 6.07) is 13.4. The molecule has 162 valence electrons. The first-order valence-corrected chi connectivity index (χ1v) is 9.95. The molecule has 4 rings (SSSR count). The van der Waals surface area contributed by atoms with Crippen LogP contribution >= 0.6 is 0 Å². The van der Waals surface area contributed by atoms with Crippen molar-refractivity contribution in [3.8, 4) is 17.0 Å². The van der Waals surface area contributed by atoms with Crippen molar-refractivity contribution in [3.05, 3.63) is 97.5 Å². The molecule has 0 aliphatic carbocycles. The van der Waals surface area contributed by atoms with Crippen LogP contribution in [-0.2, 0) is 6.61 Å². The Labute approximate surface area is 183 Å². The van der Waals surface area contributed by atoms with E-state index in [4.69, 9.17) is 9.52 Å². The zero-order chi connectivity index (χ0) is 23.0. The second-order valence-electron chi connectivity index (χ2n) is 7.59. The van der Waals surface area contributed by atoms with E-state index in [1.165, 1.54) is 16.8 Å². The molecule has 0 spiro atoms. The van der Waals surface area contributed by atoms with Gasteiger partial charge in [-0.1, -0.05) is 12.6 Å². The molecule has 4 aromatic rings. The summed E-state index contributed by atoms with van der Waals surface area (Å²) in [5.41, 5.74) is 4.02. The third kappa shape index (κ3) is 3.81. The fourth-order valence-corrected chi connectivity index (χ4v) is 3.53. The largest absolute Gasteiger partial charge is 0.478 e.